The van der Waals surface area contributed by atoms with Crippen molar-refractivity contribution in [1.82, 2.24) is 5.32 Å². The third kappa shape index (κ3) is 6.66. The molecule has 2 amide bonds. The second-order valence-corrected chi connectivity index (χ2v) is 6.31. The molecule has 2 aromatic carbocycles. The van der Waals surface area contributed by atoms with E-state index in [2.05, 4.69) is 10.6 Å². The lowest BCUT2D eigenvalue weighted by Crippen LogP contribution is -2.34. The molecule has 0 aliphatic heterocycles. The molecular weight excluding hydrogens is 369 g/mol. The van der Waals surface area contributed by atoms with Crippen molar-refractivity contribution in [3.8, 4) is 0 Å². The first-order valence-electron chi connectivity index (χ1n) is 8.54. The van der Waals surface area contributed by atoms with E-state index in [0.717, 1.165) is 5.56 Å². The summed E-state index contributed by atoms with van der Waals surface area (Å²) in [6.07, 6.45) is -0.0444. The van der Waals surface area contributed by atoms with Crippen molar-refractivity contribution in [2.45, 2.75) is 26.3 Å². The second-order valence-electron chi connectivity index (χ2n) is 6.31. The van der Waals surface area contributed by atoms with Gasteiger partial charge in [-0.3, -0.25) is 9.59 Å². The Morgan fingerprint density at radius 2 is 1.81 bits per heavy atom. The van der Waals surface area contributed by atoms with Gasteiger partial charge < -0.3 is 16.4 Å². The zero-order valence-corrected chi connectivity index (χ0v) is 16.2. The van der Waals surface area contributed by atoms with Crippen molar-refractivity contribution in [3.63, 3.8) is 0 Å². The lowest BCUT2D eigenvalue weighted by atomic mass is 10.1. The van der Waals surface area contributed by atoms with Gasteiger partial charge in [-0.15, -0.1) is 12.4 Å². The minimum Gasteiger partial charge on any atom is -0.349 e. The Labute approximate surface area is 164 Å². The van der Waals surface area contributed by atoms with Gasteiger partial charge >= 0.3 is 0 Å². The van der Waals surface area contributed by atoms with Crippen LogP contribution < -0.4 is 16.4 Å². The number of hydrogen-bond acceptors (Lipinski definition) is 3. The standard InChI is InChI=1S/C20H24FN3O2.ClH/c1-13(12-22)20(26)23-14(2)15-7-5-8-17(10-15)24-19(25)11-16-6-3-4-9-18(16)21;/h3-10,13-14H,11-12,22H2,1-2H3,(H,23,26)(H,24,25);1H. The Bertz CT molecular complexity index is 785. The molecular formula is C20H25ClFN3O2. The molecule has 0 saturated carbocycles. The van der Waals surface area contributed by atoms with Gasteiger partial charge in [0.2, 0.25) is 11.8 Å². The van der Waals surface area contributed by atoms with Gasteiger partial charge in [-0.1, -0.05) is 37.3 Å². The van der Waals surface area contributed by atoms with Gasteiger partial charge in [0.25, 0.3) is 0 Å². The molecule has 0 aliphatic carbocycles. The summed E-state index contributed by atoms with van der Waals surface area (Å²) in [4.78, 5) is 24.1. The molecule has 0 aromatic heterocycles. The normalized spacial score (nSPS) is 12.4. The average Bonchev–Trinajstić information content (AvgIpc) is 2.63. The maximum Gasteiger partial charge on any atom is 0.228 e. The zero-order valence-electron chi connectivity index (χ0n) is 15.4. The number of nitrogens with one attached hydrogen (secondary N) is 2. The lowest BCUT2D eigenvalue weighted by Gasteiger charge is -2.18. The Hall–Kier alpha value is -2.44. The van der Waals surface area contributed by atoms with Crippen LogP contribution in [0.3, 0.4) is 0 Å². The molecule has 0 fully saturated rings. The first-order chi connectivity index (χ1) is 12.4. The molecule has 2 rings (SSSR count). The summed E-state index contributed by atoms with van der Waals surface area (Å²) in [5.74, 6) is -1.09. The third-order valence-corrected chi connectivity index (χ3v) is 4.14. The van der Waals surface area contributed by atoms with E-state index < -0.39 is 5.82 Å². The molecule has 0 radical (unpaired) electrons. The number of halogens is 2. The summed E-state index contributed by atoms with van der Waals surface area (Å²) in [6.45, 7) is 3.91. The smallest absolute Gasteiger partial charge is 0.228 e. The molecule has 0 heterocycles. The Morgan fingerprint density at radius 3 is 2.48 bits per heavy atom. The third-order valence-electron chi connectivity index (χ3n) is 4.14. The van der Waals surface area contributed by atoms with Gasteiger partial charge in [0.1, 0.15) is 5.82 Å². The van der Waals surface area contributed by atoms with E-state index in [1.807, 2.05) is 13.0 Å². The maximum absolute atomic E-state index is 13.6. The molecule has 0 saturated heterocycles. The molecule has 146 valence electrons. The van der Waals surface area contributed by atoms with Crippen LogP contribution in [0.25, 0.3) is 0 Å². The van der Waals surface area contributed by atoms with Crippen molar-refractivity contribution in [3.05, 3.63) is 65.5 Å². The fourth-order valence-electron chi connectivity index (χ4n) is 2.45. The van der Waals surface area contributed by atoms with Crippen molar-refractivity contribution in [1.29, 1.82) is 0 Å². The van der Waals surface area contributed by atoms with E-state index in [9.17, 15) is 14.0 Å². The van der Waals surface area contributed by atoms with E-state index >= 15 is 0 Å². The highest BCUT2D eigenvalue weighted by Gasteiger charge is 2.15. The highest BCUT2D eigenvalue weighted by atomic mass is 35.5. The van der Waals surface area contributed by atoms with Crippen molar-refractivity contribution in [2.24, 2.45) is 11.7 Å². The Kier molecular flexibility index (Phi) is 8.91. The van der Waals surface area contributed by atoms with Gasteiger partial charge in [0.05, 0.1) is 12.5 Å². The minimum absolute atomic E-state index is 0. The molecule has 2 atom stereocenters. The minimum atomic E-state index is -0.401. The summed E-state index contributed by atoms with van der Waals surface area (Å²) < 4.78 is 13.6. The quantitative estimate of drug-likeness (QED) is 0.675. The zero-order chi connectivity index (χ0) is 19.1. The van der Waals surface area contributed by atoms with Crippen LogP contribution in [-0.2, 0) is 16.0 Å². The maximum atomic E-state index is 13.6. The molecule has 0 bridgehead atoms. The predicted molar refractivity (Wildman–Crippen MR) is 107 cm³/mol. The topological polar surface area (TPSA) is 84.2 Å². The van der Waals surface area contributed by atoms with Gasteiger partial charge in [0, 0.05) is 18.2 Å². The van der Waals surface area contributed by atoms with E-state index in [-0.39, 0.29) is 49.1 Å². The number of amides is 2. The summed E-state index contributed by atoms with van der Waals surface area (Å²) in [5, 5.41) is 5.66. The van der Waals surface area contributed by atoms with Crippen LogP contribution in [0.15, 0.2) is 48.5 Å². The number of carbonyl (C=O) groups excluding carboxylic acids is 2. The molecule has 0 aliphatic rings. The molecule has 0 spiro atoms. The van der Waals surface area contributed by atoms with Crippen molar-refractivity contribution < 1.29 is 14.0 Å². The highest BCUT2D eigenvalue weighted by molar-refractivity contribution is 5.92. The van der Waals surface area contributed by atoms with Crippen LogP contribution in [0.4, 0.5) is 10.1 Å². The van der Waals surface area contributed by atoms with Crippen LogP contribution in [0.5, 0.6) is 0 Å². The molecule has 7 heteroatoms. The summed E-state index contributed by atoms with van der Waals surface area (Å²) in [5.41, 5.74) is 7.30. The molecule has 27 heavy (non-hydrogen) atoms. The number of anilines is 1. The Balaban J connectivity index is 0.00000364. The first-order valence-corrected chi connectivity index (χ1v) is 8.54. The molecule has 2 unspecified atom stereocenters. The second kappa shape index (κ2) is 10.6. The number of nitrogens with two attached hydrogens (primary N) is 1. The van der Waals surface area contributed by atoms with E-state index in [4.69, 9.17) is 5.73 Å². The number of hydrogen-bond donors (Lipinski definition) is 3. The molecule has 4 N–H and O–H groups in total. The number of carbonyl (C=O) groups is 2. The monoisotopic (exact) mass is 393 g/mol. The first kappa shape index (κ1) is 22.6. The van der Waals surface area contributed by atoms with Crippen LogP contribution in [0.1, 0.15) is 31.0 Å². The highest BCUT2D eigenvalue weighted by Crippen LogP contribution is 2.18. The fourth-order valence-corrected chi connectivity index (χ4v) is 2.45. The predicted octanol–water partition coefficient (Wildman–Crippen LogP) is 3.20. The SMILES string of the molecule is CC(CN)C(=O)NC(C)c1cccc(NC(=O)Cc2ccccc2F)c1.Cl. The fraction of sp³-hybridized carbons (Fsp3) is 0.300. The van der Waals surface area contributed by atoms with Gasteiger partial charge in [-0.05, 0) is 36.2 Å². The van der Waals surface area contributed by atoms with E-state index in [1.165, 1.54) is 6.07 Å². The lowest BCUT2D eigenvalue weighted by molar-refractivity contribution is -0.124. The average molecular weight is 394 g/mol. The van der Waals surface area contributed by atoms with E-state index in [1.54, 1.807) is 43.3 Å². The summed E-state index contributed by atoms with van der Waals surface area (Å²) >= 11 is 0. The van der Waals surface area contributed by atoms with Gasteiger partial charge in [-0.25, -0.2) is 4.39 Å². The van der Waals surface area contributed by atoms with E-state index in [0.29, 0.717) is 11.3 Å². The van der Waals surface area contributed by atoms with Gasteiger partial charge in [-0.2, -0.15) is 0 Å². The summed E-state index contributed by atoms with van der Waals surface area (Å²) in [6, 6.07) is 13.2. The largest absolute Gasteiger partial charge is 0.349 e. The van der Waals surface area contributed by atoms with Crippen LogP contribution in [-0.4, -0.2) is 18.4 Å². The number of benzene rings is 2. The Morgan fingerprint density at radius 1 is 1.11 bits per heavy atom. The summed E-state index contributed by atoms with van der Waals surface area (Å²) in [7, 11) is 0. The van der Waals surface area contributed by atoms with Crippen molar-refractivity contribution in [2.75, 3.05) is 11.9 Å². The van der Waals surface area contributed by atoms with Crippen LogP contribution in [0.2, 0.25) is 0 Å². The van der Waals surface area contributed by atoms with Crippen molar-refractivity contribution >= 4 is 29.9 Å². The van der Waals surface area contributed by atoms with Gasteiger partial charge in [0.15, 0.2) is 0 Å². The van der Waals surface area contributed by atoms with Crippen LogP contribution in [0, 0.1) is 11.7 Å². The molecule has 5 nitrogen and oxygen atoms in total. The number of rotatable bonds is 7. The van der Waals surface area contributed by atoms with Crippen LogP contribution >= 0.6 is 12.4 Å². The molecule has 2 aromatic rings.